The van der Waals surface area contributed by atoms with Crippen LogP contribution in [0.3, 0.4) is 0 Å². The Bertz CT molecular complexity index is 790. The molecular weight excluding hydrogens is 332 g/mol. The lowest BCUT2D eigenvalue weighted by Crippen LogP contribution is -2.57. The Hall–Kier alpha value is -2.44. The first kappa shape index (κ1) is 18.4. The summed E-state index contributed by atoms with van der Waals surface area (Å²) < 4.78 is 7.41. The number of rotatable bonds is 6. The van der Waals surface area contributed by atoms with Crippen LogP contribution in [0.25, 0.3) is 0 Å². The molecule has 0 radical (unpaired) electrons. The Balaban J connectivity index is 1.63. The summed E-state index contributed by atoms with van der Waals surface area (Å²) in [6.45, 7) is 1.44. The highest BCUT2D eigenvalue weighted by Gasteiger charge is 2.38. The molecule has 26 heavy (non-hydrogen) atoms. The largest absolute Gasteiger partial charge is 0.393 e. The highest BCUT2D eigenvalue weighted by atomic mass is 16.5. The van der Waals surface area contributed by atoms with Gasteiger partial charge in [0.25, 0.3) is 5.56 Å². The number of carbonyl (C=O) groups is 1. The zero-order valence-electron chi connectivity index (χ0n) is 14.7. The van der Waals surface area contributed by atoms with Gasteiger partial charge in [-0.05, 0) is 11.6 Å². The maximum atomic E-state index is 12.6. The molecule has 1 aromatic heterocycles. The van der Waals surface area contributed by atoms with E-state index in [9.17, 15) is 14.7 Å². The topological polar surface area (TPSA) is 71.8 Å². The summed E-state index contributed by atoms with van der Waals surface area (Å²) in [7, 11) is 0. The number of aryl methyl sites for hydroxylation is 1. The Morgan fingerprint density at radius 1 is 1.15 bits per heavy atom. The molecule has 2 aromatic rings. The van der Waals surface area contributed by atoms with Crippen LogP contribution in [-0.4, -0.2) is 52.4 Å². The second-order valence-electron chi connectivity index (χ2n) is 6.65. The minimum absolute atomic E-state index is 0.0325. The number of hydrogen-bond acceptors (Lipinski definition) is 4. The van der Waals surface area contributed by atoms with Crippen molar-refractivity contribution in [2.75, 3.05) is 26.3 Å². The molecule has 0 saturated carbocycles. The molecule has 0 bridgehead atoms. The van der Waals surface area contributed by atoms with E-state index in [-0.39, 0.29) is 24.5 Å². The van der Waals surface area contributed by atoms with Crippen molar-refractivity contribution in [3.8, 4) is 0 Å². The lowest BCUT2D eigenvalue weighted by molar-refractivity contribution is -0.158. The Labute approximate surface area is 152 Å². The molecule has 1 atom stereocenters. The molecule has 1 amide bonds. The molecular formula is C20H24N2O4. The molecule has 1 aliphatic rings. The summed E-state index contributed by atoms with van der Waals surface area (Å²) in [6.07, 6.45) is 2.48. The summed E-state index contributed by atoms with van der Waals surface area (Å²) in [5, 5.41) is 9.94. The third-order valence-electron chi connectivity index (χ3n) is 4.72. The van der Waals surface area contributed by atoms with Crippen molar-refractivity contribution >= 4 is 5.91 Å². The van der Waals surface area contributed by atoms with E-state index in [1.54, 1.807) is 23.2 Å². The molecule has 1 aromatic carbocycles. The number of ether oxygens (including phenoxy) is 1. The van der Waals surface area contributed by atoms with Crippen LogP contribution in [0.1, 0.15) is 12.0 Å². The Kier molecular flexibility index (Phi) is 5.85. The van der Waals surface area contributed by atoms with Crippen LogP contribution in [-0.2, 0) is 22.5 Å². The fourth-order valence-electron chi connectivity index (χ4n) is 3.30. The molecule has 0 unspecified atom stereocenters. The monoisotopic (exact) mass is 356 g/mol. The van der Waals surface area contributed by atoms with Crippen molar-refractivity contribution in [2.24, 2.45) is 0 Å². The predicted octanol–water partition coefficient (Wildman–Crippen LogP) is 1.07. The van der Waals surface area contributed by atoms with Crippen LogP contribution in [0.5, 0.6) is 0 Å². The zero-order valence-corrected chi connectivity index (χ0v) is 14.7. The van der Waals surface area contributed by atoms with Crippen molar-refractivity contribution in [3.63, 3.8) is 0 Å². The molecule has 138 valence electrons. The zero-order chi connectivity index (χ0) is 18.4. The third-order valence-corrected chi connectivity index (χ3v) is 4.72. The van der Waals surface area contributed by atoms with Gasteiger partial charge in [0.05, 0.1) is 19.8 Å². The summed E-state index contributed by atoms with van der Waals surface area (Å²) >= 11 is 0. The van der Waals surface area contributed by atoms with Gasteiger partial charge in [-0.15, -0.1) is 0 Å². The first-order valence-corrected chi connectivity index (χ1v) is 8.84. The number of benzene rings is 1. The Morgan fingerprint density at radius 2 is 1.92 bits per heavy atom. The van der Waals surface area contributed by atoms with Gasteiger partial charge in [0, 0.05) is 38.2 Å². The van der Waals surface area contributed by atoms with Gasteiger partial charge < -0.3 is 19.3 Å². The molecule has 1 saturated heterocycles. The minimum Gasteiger partial charge on any atom is -0.393 e. The van der Waals surface area contributed by atoms with Crippen molar-refractivity contribution in [1.82, 2.24) is 9.47 Å². The van der Waals surface area contributed by atoms with Gasteiger partial charge in [0.1, 0.15) is 5.60 Å². The van der Waals surface area contributed by atoms with Gasteiger partial charge in [-0.25, -0.2) is 0 Å². The van der Waals surface area contributed by atoms with E-state index >= 15 is 0 Å². The van der Waals surface area contributed by atoms with Crippen LogP contribution in [0, 0.1) is 0 Å². The number of carbonyl (C=O) groups excluding carboxylic acids is 1. The van der Waals surface area contributed by atoms with Gasteiger partial charge in [-0.3, -0.25) is 9.59 Å². The van der Waals surface area contributed by atoms with Crippen molar-refractivity contribution in [3.05, 3.63) is 70.6 Å². The quantitative estimate of drug-likeness (QED) is 0.840. The molecule has 1 N–H and O–H groups in total. The number of morpholine rings is 1. The minimum atomic E-state index is -0.779. The maximum Gasteiger partial charge on any atom is 0.250 e. The maximum absolute atomic E-state index is 12.6. The van der Waals surface area contributed by atoms with Crippen LogP contribution in [0.2, 0.25) is 0 Å². The number of aliphatic hydroxyl groups excluding tert-OH is 1. The Morgan fingerprint density at radius 3 is 2.65 bits per heavy atom. The van der Waals surface area contributed by atoms with Crippen molar-refractivity contribution in [1.29, 1.82) is 0 Å². The standard InChI is InChI=1S/C20H24N2O4/c23-16-20(14-17-6-2-1-3-7-17)15-22(12-13-26-20)19(25)9-11-21-10-5-4-8-18(21)24/h1-8,10,23H,9,11-16H2/t20-/m0/s1. The number of amides is 1. The SMILES string of the molecule is O=C(CCn1ccccc1=O)N1CCO[C@@](CO)(Cc2ccccc2)C1. The third kappa shape index (κ3) is 4.39. The van der Waals surface area contributed by atoms with Crippen LogP contribution in [0.15, 0.2) is 59.5 Å². The molecule has 0 aliphatic carbocycles. The van der Waals surface area contributed by atoms with E-state index in [1.807, 2.05) is 30.3 Å². The number of nitrogens with zero attached hydrogens (tertiary/aromatic N) is 2. The first-order chi connectivity index (χ1) is 12.6. The molecule has 1 fully saturated rings. The van der Waals surface area contributed by atoms with Gasteiger partial charge >= 0.3 is 0 Å². The lowest BCUT2D eigenvalue weighted by Gasteiger charge is -2.42. The smallest absolute Gasteiger partial charge is 0.250 e. The highest BCUT2D eigenvalue weighted by Crippen LogP contribution is 2.23. The van der Waals surface area contributed by atoms with Crippen LogP contribution < -0.4 is 5.56 Å². The number of aliphatic hydroxyl groups is 1. The summed E-state index contributed by atoms with van der Waals surface area (Å²) in [5.74, 6) is -0.0325. The molecule has 3 rings (SSSR count). The summed E-state index contributed by atoms with van der Waals surface area (Å²) in [6, 6.07) is 14.8. The molecule has 6 heteroatoms. The van der Waals surface area contributed by atoms with E-state index in [0.29, 0.717) is 32.7 Å². The molecule has 0 spiro atoms. The van der Waals surface area contributed by atoms with E-state index in [0.717, 1.165) is 5.56 Å². The summed E-state index contributed by atoms with van der Waals surface area (Å²) in [4.78, 5) is 26.1. The number of hydrogen-bond donors (Lipinski definition) is 1. The van der Waals surface area contributed by atoms with Crippen molar-refractivity contribution < 1.29 is 14.6 Å². The molecule has 6 nitrogen and oxygen atoms in total. The van der Waals surface area contributed by atoms with Gasteiger partial charge in [0.2, 0.25) is 5.91 Å². The predicted molar refractivity (Wildman–Crippen MR) is 97.8 cm³/mol. The van der Waals surface area contributed by atoms with Gasteiger partial charge in [-0.1, -0.05) is 36.4 Å². The van der Waals surface area contributed by atoms with E-state index in [4.69, 9.17) is 4.74 Å². The van der Waals surface area contributed by atoms with Crippen molar-refractivity contribution in [2.45, 2.75) is 25.0 Å². The normalized spacial score (nSPS) is 20.1. The second kappa shape index (κ2) is 8.29. The summed E-state index contributed by atoms with van der Waals surface area (Å²) in [5.41, 5.74) is 0.168. The average molecular weight is 356 g/mol. The van der Waals surface area contributed by atoms with Gasteiger partial charge in [-0.2, -0.15) is 0 Å². The van der Waals surface area contributed by atoms with Gasteiger partial charge in [0.15, 0.2) is 0 Å². The highest BCUT2D eigenvalue weighted by molar-refractivity contribution is 5.76. The molecule has 1 aliphatic heterocycles. The fraction of sp³-hybridized carbons (Fsp3) is 0.400. The van der Waals surface area contributed by atoms with E-state index in [2.05, 4.69) is 0 Å². The fourth-order valence-corrected chi connectivity index (χ4v) is 3.30. The second-order valence-corrected chi connectivity index (χ2v) is 6.65. The first-order valence-electron chi connectivity index (χ1n) is 8.84. The van der Waals surface area contributed by atoms with E-state index < -0.39 is 5.60 Å². The molecule has 2 heterocycles. The van der Waals surface area contributed by atoms with Crippen LogP contribution in [0.4, 0.5) is 0 Å². The number of pyridine rings is 1. The lowest BCUT2D eigenvalue weighted by atomic mass is 9.93. The number of aromatic nitrogens is 1. The average Bonchev–Trinajstić information content (AvgIpc) is 2.68. The van der Waals surface area contributed by atoms with Crippen LogP contribution >= 0.6 is 0 Å². The van der Waals surface area contributed by atoms with E-state index in [1.165, 1.54) is 10.6 Å².